The molecule has 4 nitrogen and oxygen atoms in total. The number of likely N-dealkylation sites (N-methyl/N-ethyl adjacent to an activating group) is 1. The summed E-state index contributed by atoms with van der Waals surface area (Å²) in [6, 6.07) is 8.12. The number of fused-ring (bicyclic) bond motifs is 3. The Morgan fingerprint density at radius 3 is 2.94 bits per heavy atom. The molecule has 1 aliphatic rings. The van der Waals surface area contributed by atoms with E-state index in [1.807, 2.05) is 12.1 Å². The molecule has 1 amide bonds. The topological polar surface area (TPSA) is 56.9 Å². The maximum absolute atomic E-state index is 11.7. The number of benzene rings is 1. The number of para-hydroxylation sites is 1. The Bertz CT molecular complexity index is 579. The average Bonchev–Trinajstić information content (AvgIpc) is 2.75. The van der Waals surface area contributed by atoms with Crippen LogP contribution in [0.4, 0.5) is 0 Å². The first-order valence-electron chi connectivity index (χ1n) is 5.83. The van der Waals surface area contributed by atoms with E-state index in [1.54, 1.807) is 7.05 Å². The highest BCUT2D eigenvalue weighted by atomic mass is 35.5. The zero-order valence-corrected chi connectivity index (χ0v) is 10.9. The molecule has 1 aliphatic heterocycles. The van der Waals surface area contributed by atoms with Gasteiger partial charge in [-0.1, -0.05) is 18.2 Å². The first-order valence-corrected chi connectivity index (χ1v) is 5.83. The van der Waals surface area contributed by atoms with E-state index in [4.69, 9.17) is 0 Å². The second-order valence-electron chi connectivity index (χ2n) is 4.38. The minimum atomic E-state index is -0.119. The van der Waals surface area contributed by atoms with E-state index in [0.717, 1.165) is 18.5 Å². The van der Waals surface area contributed by atoms with E-state index in [2.05, 4.69) is 27.8 Å². The minimum absolute atomic E-state index is 0. The molecule has 0 radical (unpaired) electrons. The van der Waals surface area contributed by atoms with Crippen LogP contribution >= 0.6 is 12.4 Å². The maximum Gasteiger partial charge on any atom is 0.237 e. The highest BCUT2D eigenvalue weighted by Gasteiger charge is 2.25. The lowest BCUT2D eigenvalue weighted by Crippen LogP contribution is -2.46. The van der Waals surface area contributed by atoms with Crippen LogP contribution in [0, 0.1) is 0 Å². The number of aromatic amines is 1. The largest absolute Gasteiger partial charge is 0.358 e. The fraction of sp³-hybridized carbons (Fsp3) is 0.308. The fourth-order valence-electron chi connectivity index (χ4n) is 2.50. The summed E-state index contributed by atoms with van der Waals surface area (Å²) in [4.78, 5) is 15.1. The molecule has 1 atom stereocenters. The molecule has 3 N–H and O–H groups in total. The second-order valence-corrected chi connectivity index (χ2v) is 4.38. The van der Waals surface area contributed by atoms with Crippen molar-refractivity contribution in [2.24, 2.45) is 0 Å². The minimum Gasteiger partial charge on any atom is -0.358 e. The fourth-order valence-corrected chi connectivity index (χ4v) is 2.50. The molecule has 0 fully saturated rings. The van der Waals surface area contributed by atoms with Crippen LogP contribution < -0.4 is 10.6 Å². The summed E-state index contributed by atoms with van der Waals surface area (Å²) >= 11 is 0. The first kappa shape index (κ1) is 12.9. The molecular formula is C13H16ClN3O. The van der Waals surface area contributed by atoms with Crippen molar-refractivity contribution >= 4 is 29.2 Å². The van der Waals surface area contributed by atoms with Gasteiger partial charge in [-0.3, -0.25) is 10.1 Å². The maximum atomic E-state index is 11.7. The number of halogens is 1. The summed E-state index contributed by atoms with van der Waals surface area (Å²) in [5.74, 6) is 0.0564. The van der Waals surface area contributed by atoms with Gasteiger partial charge < -0.3 is 10.3 Å². The summed E-state index contributed by atoms with van der Waals surface area (Å²) < 4.78 is 0. The van der Waals surface area contributed by atoms with Gasteiger partial charge in [-0.2, -0.15) is 0 Å². The van der Waals surface area contributed by atoms with Crippen molar-refractivity contribution < 1.29 is 4.79 Å². The Morgan fingerprint density at radius 1 is 1.39 bits per heavy atom. The number of carbonyl (C=O) groups excluding carboxylic acids is 1. The van der Waals surface area contributed by atoms with Crippen LogP contribution in [0.15, 0.2) is 24.3 Å². The molecule has 0 spiro atoms. The third-order valence-electron chi connectivity index (χ3n) is 3.40. The second kappa shape index (κ2) is 5.00. The number of nitrogens with one attached hydrogen (secondary N) is 3. The van der Waals surface area contributed by atoms with Crippen molar-refractivity contribution in [3.8, 4) is 0 Å². The van der Waals surface area contributed by atoms with E-state index < -0.39 is 0 Å². The predicted molar refractivity (Wildman–Crippen MR) is 73.9 cm³/mol. The lowest BCUT2D eigenvalue weighted by molar-refractivity contribution is -0.122. The van der Waals surface area contributed by atoms with Crippen molar-refractivity contribution in [1.29, 1.82) is 0 Å². The standard InChI is InChI=1S/C13H15N3O.ClH/c1-14-13(17)11-6-9-8-4-2-3-5-10(8)16-12(9)7-15-11;/h2-5,11,15-16H,6-7H2,1H3,(H,14,17);1H. The van der Waals surface area contributed by atoms with Crippen LogP contribution in [-0.2, 0) is 17.8 Å². The smallest absolute Gasteiger partial charge is 0.237 e. The van der Waals surface area contributed by atoms with Gasteiger partial charge in [0.15, 0.2) is 0 Å². The van der Waals surface area contributed by atoms with Gasteiger partial charge in [-0.05, 0) is 18.1 Å². The predicted octanol–water partition coefficient (Wildman–Crippen LogP) is 1.35. The Hall–Kier alpha value is -1.52. The van der Waals surface area contributed by atoms with Gasteiger partial charge in [-0.15, -0.1) is 12.4 Å². The lowest BCUT2D eigenvalue weighted by atomic mass is 9.98. The van der Waals surface area contributed by atoms with E-state index in [0.29, 0.717) is 0 Å². The van der Waals surface area contributed by atoms with Crippen molar-refractivity contribution in [1.82, 2.24) is 15.6 Å². The van der Waals surface area contributed by atoms with Crippen molar-refractivity contribution in [2.75, 3.05) is 7.05 Å². The van der Waals surface area contributed by atoms with E-state index in [-0.39, 0.29) is 24.4 Å². The van der Waals surface area contributed by atoms with Crippen LogP contribution in [0.1, 0.15) is 11.3 Å². The van der Waals surface area contributed by atoms with Gasteiger partial charge in [0.05, 0.1) is 6.04 Å². The van der Waals surface area contributed by atoms with E-state index >= 15 is 0 Å². The third-order valence-corrected chi connectivity index (χ3v) is 3.40. The molecule has 2 heterocycles. The Morgan fingerprint density at radius 2 is 2.17 bits per heavy atom. The highest BCUT2D eigenvalue weighted by molar-refractivity contribution is 5.88. The van der Waals surface area contributed by atoms with E-state index in [1.165, 1.54) is 16.6 Å². The molecule has 1 aromatic heterocycles. The molecule has 18 heavy (non-hydrogen) atoms. The molecular weight excluding hydrogens is 250 g/mol. The normalized spacial score (nSPS) is 17.9. The van der Waals surface area contributed by atoms with Crippen LogP contribution in [0.5, 0.6) is 0 Å². The molecule has 3 rings (SSSR count). The molecule has 0 saturated carbocycles. The van der Waals surface area contributed by atoms with Gasteiger partial charge in [0.25, 0.3) is 0 Å². The summed E-state index contributed by atoms with van der Waals surface area (Å²) in [5, 5.41) is 7.17. The third kappa shape index (κ3) is 1.98. The van der Waals surface area contributed by atoms with Crippen LogP contribution in [0.25, 0.3) is 10.9 Å². The van der Waals surface area contributed by atoms with Gasteiger partial charge in [0.2, 0.25) is 5.91 Å². The molecule has 0 aliphatic carbocycles. The van der Waals surface area contributed by atoms with Crippen molar-refractivity contribution in [3.63, 3.8) is 0 Å². The lowest BCUT2D eigenvalue weighted by Gasteiger charge is -2.22. The Kier molecular flexibility index (Phi) is 3.59. The monoisotopic (exact) mass is 265 g/mol. The van der Waals surface area contributed by atoms with Crippen molar-refractivity contribution in [2.45, 2.75) is 19.0 Å². The van der Waals surface area contributed by atoms with Crippen LogP contribution in [0.3, 0.4) is 0 Å². The van der Waals surface area contributed by atoms with Gasteiger partial charge in [0.1, 0.15) is 0 Å². The van der Waals surface area contributed by atoms with Gasteiger partial charge >= 0.3 is 0 Å². The first-order chi connectivity index (χ1) is 8.29. The molecule has 5 heteroatoms. The average molecular weight is 266 g/mol. The molecule has 1 aromatic carbocycles. The summed E-state index contributed by atoms with van der Waals surface area (Å²) in [6.45, 7) is 0.724. The SMILES string of the molecule is CNC(=O)C1Cc2c([nH]c3ccccc23)CN1.Cl. The van der Waals surface area contributed by atoms with Crippen LogP contribution in [-0.4, -0.2) is 24.0 Å². The zero-order chi connectivity index (χ0) is 11.8. The van der Waals surface area contributed by atoms with Gasteiger partial charge in [0, 0.05) is 30.2 Å². The molecule has 0 bridgehead atoms. The highest BCUT2D eigenvalue weighted by Crippen LogP contribution is 2.26. The zero-order valence-electron chi connectivity index (χ0n) is 10.1. The number of carbonyl (C=O) groups is 1. The van der Waals surface area contributed by atoms with Crippen LogP contribution in [0.2, 0.25) is 0 Å². The number of amides is 1. The van der Waals surface area contributed by atoms with E-state index in [9.17, 15) is 4.79 Å². The van der Waals surface area contributed by atoms with Gasteiger partial charge in [-0.25, -0.2) is 0 Å². The number of hydrogen-bond donors (Lipinski definition) is 3. The number of hydrogen-bond acceptors (Lipinski definition) is 2. The number of H-pyrrole nitrogens is 1. The van der Waals surface area contributed by atoms with Crippen molar-refractivity contribution in [3.05, 3.63) is 35.5 Å². The summed E-state index contributed by atoms with van der Waals surface area (Å²) in [6.07, 6.45) is 0.749. The molecule has 96 valence electrons. The number of aromatic nitrogens is 1. The number of rotatable bonds is 1. The molecule has 0 saturated heterocycles. The Labute approximate surface area is 112 Å². The summed E-state index contributed by atoms with van der Waals surface area (Å²) in [5.41, 5.74) is 3.62. The molecule has 1 unspecified atom stereocenters. The quantitative estimate of drug-likeness (QED) is 0.729. The summed E-state index contributed by atoms with van der Waals surface area (Å²) in [7, 11) is 1.68. The Balaban J connectivity index is 0.00000120. The molecule has 2 aromatic rings.